The van der Waals surface area contributed by atoms with Crippen molar-refractivity contribution in [3.8, 4) is 11.5 Å². The molecule has 0 spiro atoms. The van der Waals surface area contributed by atoms with Crippen molar-refractivity contribution in [1.29, 1.82) is 0 Å². The Labute approximate surface area is 132 Å². The van der Waals surface area contributed by atoms with Crippen LogP contribution in [-0.2, 0) is 6.54 Å². The third-order valence-electron chi connectivity index (χ3n) is 3.15. The molecule has 0 fully saturated rings. The Kier molecular flexibility index (Phi) is 4.92. The van der Waals surface area contributed by atoms with Crippen LogP contribution in [-0.4, -0.2) is 5.54 Å². The molecular weight excluding hydrogens is 282 g/mol. The maximum atomic E-state index is 6.11. The molecule has 0 aliphatic carbocycles. The lowest BCUT2D eigenvalue weighted by Crippen LogP contribution is -2.35. The summed E-state index contributed by atoms with van der Waals surface area (Å²) in [6, 6.07) is 13.8. The zero-order chi connectivity index (χ0) is 15.5. The van der Waals surface area contributed by atoms with Gasteiger partial charge in [-0.1, -0.05) is 35.9 Å². The molecule has 0 aromatic heterocycles. The van der Waals surface area contributed by atoms with Crippen molar-refractivity contribution in [1.82, 2.24) is 5.32 Å². The molecule has 2 rings (SSSR count). The molecule has 2 nitrogen and oxygen atoms in total. The lowest BCUT2D eigenvalue weighted by molar-refractivity contribution is 0.414. The molecule has 0 radical (unpaired) electrons. The Morgan fingerprint density at radius 2 is 1.76 bits per heavy atom. The van der Waals surface area contributed by atoms with E-state index in [0.717, 1.165) is 29.2 Å². The number of nitrogens with one attached hydrogen (secondary N) is 1. The molecule has 0 aliphatic heterocycles. The summed E-state index contributed by atoms with van der Waals surface area (Å²) >= 11 is 6.11. The summed E-state index contributed by atoms with van der Waals surface area (Å²) < 4.78 is 6.06. The van der Waals surface area contributed by atoms with Crippen molar-refractivity contribution in [2.24, 2.45) is 0 Å². The maximum absolute atomic E-state index is 6.11. The lowest BCUT2D eigenvalue weighted by Gasteiger charge is -2.22. The van der Waals surface area contributed by atoms with Crippen LogP contribution in [0.5, 0.6) is 11.5 Å². The van der Waals surface area contributed by atoms with Gasteiger partial charge in [-0.3, -0.25) is 0 Å². The van der Waals surface area contributed by atoms with Gasteiger partial charge in [0.1, 0.15) is 11.5 Å². The van der Waals surface area contributed by atoms with Crippen LogP contribution in [0, 0.1) is 6.92 Å². The minimum atomic E-state index is 0.0551. The summed E-state index contributed by atoms with van der Waals surface area (Å²) in [5, 5.41) is 4.15. The average molecular weight is 304 g/mol. The Balaban J connectivity index is 2.25. The third kappa shape index (κ3) is 4.76. The molecule has 21 heavy (non-hydrogen) atoms. The molecule has 0 heterocycles. The van der Waals surface area contributed by atoms with E-state index in [1.54, 1.807) is 0 Å². The second-order valence-corrected chi connectivity index (χ2v) is 6.66. The van der Waals surface area contributed by atoms with Crippen molar-refractivity contribution in [3.05, 3.63) is 58.6 Å². The van der Waals surface area contributed by atoms with E-state index in [9.17, 15) is 0 Å². The van der Waals surface area contributed by atoms with Crippen molar-refractivity contribution >= 4 is 11.6 Å². The summed E-state index contributed by atoms with van der Waals surface area (Å²) in [6.07, 6.45) is 0. The van der Waals surface area contributed by atoms with Crippen LogP contribution in [0.4, 0.5) is 0 Å². The van der Waals surface area contributed by atoms with E-state index in [1.807, 2.05) is 49.4 Å². The van der Waals surface area contributed by atoms with E-state index in [2.05, 4.69) is 26.1 Å². The Morgan fingerprint density at radius 3 is 2.43 bits per heavy atom. The van der Waals surface area contributed by atoms with Gasteiger partial charge >= 0.3 is 0 Å². The van der Waals surface area contributed by atoms with Crippen LogP contribution in [0.1, 0.15) is 31.9 Å². The van der Waals surface area contributed by atoms with Crippen LogP contribution in [0.3, 0.4) is 0 Å². The van der Waals surface area contributed by atoms with Gasteiger partial charge in [-0.2, -0.15) is 0 Å². The number of hydrogen-bond donors (Lipinski definition) is 1. The van der Waals surface area contributed by atoms with Gasteiger partial charge in [-0.05, 0) is 51.5 Å². The summed E-state index contributed by atoms with van der Waals surface area (Å²) in [5.41, 5.74) is 2.25. The highest BCUT2D eigenvalue weighted by Crippen LogP contribution is 2.30. The fourth-order valence-electron chi connectivity index (χ4n) is 1.92. The molecule has 1 N–H and O–H groups in total. The van der Waals surface area contributed by atoms with Gasteiger partial charge in [-0.15, -0.1) is 0 Å². The number of rotatable bonds is 4. The summed E-state index contributed by atoms with van der Waals surface area (Å²) in [5.74, 6) is 1.66. The first kappa shape index (κ1) is 15.9. The molecular formula is C18H22ClNO. The molecule has 0 saturated heterocycles. The number of halogens is 1. The van der Waals surface area contributed by atoms with E-state index >= 15 is 0 Å². The van der Waals surface area contributed by atoms with Crippen molar-refractivity contribution in [3.63, 3.8) is 0 Å². The van der Waals surface area contributed by atoms with E-state index in [-0.39, 0.29) is 5.54 Å². The monoisotopic (exact) mass is 303 g/mol. The standard InChI is InChI=1S/C18H22ClNO/c1-13-7-5-6-8-16(13)21-17-11-15(19)10-9-14(17)12-20-18(2,3)4/h5-11,20H,12H2,1-4H3. The van der Waals surface area contributed by atoms with Crippen molar-refractivity contribution in [2.45, 2.75) is 39.8 Å². The average Bonchev–Trinajstić information content (AvgIpc) is 2.39. The number of para-hydroxylation sites is 1. The first-order valence-corrected chi connectivity index (χ1v) is 7.50. The molecule has 0 bridgehead atoms. The van der Waals surface area contributed by atoms with E-state index in [4.69, 9.17) is 16.3 Å². The predicted molar refractivity (Wildman–Crippen MR) is 89.3 cm³/mol. The van der Waals surface area contributed by atoms with Gasteiger partial charge < -0.3 is 10.1 Å². The second-order valence-electron chi connectivity index (χ2n) is 6.22. The van der Waals surface area contributed by atoms with Gasteiger partial charge in [0.05, 0.1) is 0 Å². The van der Waals surface area contributed by atoms with Gasteiger partial charge in [0, 0.05) is 22.7 Å². The highest BCUT2D eigenvalue weighted by Gasteiger charge is 2.12. The Bertz CT molecular complexity index is 617. The van der Waals surface area contributed by atoms with Crippen LogP contribution in [0.2, 0.25) is 5.02 Å². The van der Waals surface area contributed by atoms with Crippen molar-refractivity contribution < 1.29 is 4.74 Å². The predicted octanol–water partition coefficient (Wildman–Crippen LogP) is 5.33. The van der Waals surface area contributed by atoms with E-state index in [1.165, 1.54) is 0 Å². The summed E-state index contributed by atoms with van der Waals surface area (Å²) in [4.78, 5) is 0. The first-order valence-electron chi connectivity index (χ1n) is 7.12. The number of benzene rings is 2. The van der Waals surface area contributed by atoms with Gasteiger partial charge in [-0.25, -0.2) is 0 Å². The Hall–Kier alpha value is -1.51. The first-order chi connectivity index (χ1) is 9.85. The number of ether oxygens (including phenoxy) is 1. The zero-order valence-electron chi connectivity index (χ0n) is 13.0. The highest BCUT2D eigenvalue weighted by molar-refractivity contribution is 6.30. The third-order valence-corrected chi connectivity index (χ3v) is 3.39. The molecule has 112 valence electrons. The van der Waals surface area contributed by atoms with Gasteiger partial charge in [0.25, 0.3) is 0 Å². The molecule has 3 heteroatoms. The minimum absolute atomic E-state index is 0.0551. The fraction of sp³-hybridized carbons (Fsp3) is 0.333. The molecule has 0 amide bonds. The molecule has 2 aromatic carbocycles. The fourth-order valence-corrected chi connectivity index (χ4v) is 2.08. The van der Waals surface area contributed by atoms with Crippen LogP contribution >= 0.6 is 11.6 Å². The molecule has 0 atom stereocenters. The number of hydrogen-bond acceptors (Lipinski definition) is 2. The summed E-state index contributed by atoms with van der Waals surface area (Å²) in [7, 11) is 0. The SMILES string of the molecule is Cc1ccccc1Oc1cc(Cl)ccc1CNC(C)(C)C. The van der Waals surface area contributed by atoms with E-state index in [0.29, 0.717) is 5.02 Å². The molecule has 0 unspecified atom stereocenters. The smallest absolute Gasteiger partial charge is 0.133 e. The normalized spacial score (nSPS) is 11.5. The van der Waals surface area contributed by atoms with E-state index < -0.39 is 0 Å². The zero-order valence-corrected chi connectivity index (χ0v) is 13.8. The number of aryl methyl sites for hydroxylation is 1. The summed E-state index contributed by atoms with van der Waals surface area (Å²) in [6.45, 7) is 9.20. The molecule has 0 aliphatic rings. The maximum Gasteiger partial charge on any atom is 0.133 e. The van der Waals surface area contributed by atoms with Crippen molar-refractivity contribution in [2.75, 3.05) is 0 Å². The largest absolute Gasteiger partial charge is 0.457 e. The molecule has 2 aromatic rings. The van der Waals surface area contributed by atoms with Gasteiger partial charge in [0.2, 0.25) is 0 Å². The lowest BCUT2D eigenvalue weighted by atomic mass is 10.1. The topological polar surface area (TPSA) is 21.3 Å². The Morgan fingerprint density at radius 1 is 1.05 bits per heavy atom. The van der Waals surface area contributed by atoms with Gasteiger partial charge in [0.15, 0.2) is 0 Å². The quantitative estimate of drug-likeness (QED) is 0.824. The second kappa shape index (κ2) is 6.50. The highest BCUT2D eigenvalue weighted by atomic mass is 35.5. The van der Waals surface area contributed by atoms with Crippen LogP contribution in [0.25, 0.3) is 0 Å². The van der Waals surface area contributed by atoms with Crippen LogP contribution < -0.4 is 10.1 Å². The van der Waals surface area contributed by atoms with Crippen LogP contribution in [0.15, 0.2) is 42.5 Å². The minimum Gasteiger partial charge on any atom is -0.457 e. The molecule has 0 saturated carbocycles.